The van der Waals surface area contributed by atoms with Crippen LogP contribution < -0.4 is 4.74 Å². The van der Waals surface area contributed by atoms with E-state index < -0.39 is 0 Å². The largest absolute Gasteiger partial charge is 0.496 e. The van der Waals surface area contributed by atoms with Gasteiger partial charge in [-0.15, -0.1) is 5.10 Å². The lowest BCUT2D eigenvalue weighted by molar-refractivity contribution is 0.414. The highest BCUT2D eigenvalue weighted by molar-refractivity contribution is 9.10. The third kappa shape index (κ3) is 2.13. The van der Waals surface area contributed by atoms with Crippen molar-refractivity contribution in [1.82, 2.24) is 10.2 Å². The Kier molecular flexibility index (Phi) is 2.93. The molecule has 0 aliphatic rings. The van der Waals surface area contributed by atoms with E-state index in [1.807, 2.05) is 18.2 Å². The zero-order chi connectivity index (χ0) is 10.8. The molecule has 0 aliphatic heterocycles. The maximum Gasteiger partial charge on any atom is 0.313 e. The third-order valence-electron chi connectivity index (χ3n) is 1.79. The Hall–Kier alpha value is -1.07. The van der Waals surface area contributed by atoms with Crippen LogP contribution in [-0.4, -0.2) is 17.3 Å². The standard InChI is InChI=1S/C9H6BrClN2O2/c1-14-7-4-5(10)2-3-6(7)8-12-13-9(11)15-8/h2-4H,1H3. The number of ether oxygens (including phenoxy) is 1. The summed E-state index contributed by atoms with van der Waals surface area (Å²) in [6.45, 7) is 0. The topological polar surface area (TPSA) is 48.2 Å². The van der Waals surface area contributed by atoms with E-state index in [1.165, 1.54) is 0 Å². The number of halogens is 2. The molecule has 0 saturated carbocycles. The molecule has 2 rings (SSSR count). The highest BCUT2D eigenvalue weighted by Crippen LogP contribution is 2.32. The molecule has 0 radical (unpaired) electrons. The molecule has 4 nitrogen and oxygen atoms in total. The van der Waals surface area contributed by atoms with Gasteiger partial charge in [-0.25, -0.2) is 0 Å². The summed E-state index contributed by atoms with van der Waals surface area (Å²) in [5.74, 6) is 0.981. The highest BCUT2D eigenvalue weighted by Gasteiger charge is 2.12. The van der Waals surface area contributed by atoms with Crippen molar-refractivity contribution in [3.63, 3.8) is 0 Å². The molecule has 0 fully saturated rings. The Labute approximate surface area is 99.3 Å². The fourth-order valence-electron chi connectivity index (χ4n) is 1.16. The fourth-order valence-corrected chi connectivity index (χ4v) is 1.61. The maximum atomic E-state index is 5.55. The number of hydrogen-bond donors (Lipinski definition) is 0. The van der Waals surface area contributed by atoms with Crippen molar-refractivity contribution >= 4 is 27.5 Å². The lowest BCUT2D eigenvalue weighted by atomic mass is 10.2. The second kappa shape index (κ2) is 4.20. The summed E-state index contributed by atoms with van der Waals surface area (Å²) in [6, 6.07) is 5.48. The quantitative estimate of drug-likeness (QED) is 0.852. The van der Waals surface area contributed by atoms with E-state index in [0.717, 1.165) is 4.47 Å². The summed E-state index contributed by atoms with van der Waals surface area (Å²) >= 11 is 8.89. The summed E-state index contributed by atoms with van der Waals surface area (Å²) in [5, 5.41) is 7.36. The lowest BCUT2D eigenvalue weighted by Crippen LogP contribution is -1.88. The van der Waals surface area contributed by atoms with Crippen LogP contribution in [0.15, 0.2) is 27.1 Å². The number of hydrogen-bond acceptors (Lipinski definition) is 4. The molecule has 2 aromatic rings. The van der Waals surface area contributed by atoms with Crippen molar-refractivity contribution in [2.45, 2.75) is 0 Å². The normalized spacial score (nSPS) is 10.3. The first-order valence-corrected chi connectivity index (χ1v) is 5.20. The molecular formula is C9H6BrClN2O2. The van der Waals surface area contributed by atoms with Crippen LogP contribution in [0.25, 0.3) is 11.5 Å². The zero-order valence-electron chi connectivity index (χ0n) is 7.70. The van der Waals surface area contributed by atoms with Gasteiger partial charge in [0.25, 0.3) is 5.89 Å². The Morgan fingerprint density at radius 3 is 2.80 bits per heavy atom. The van der Waals surface area contributed by atoms with Crippen LogP contribution in [0.4, 0.5) is 0 Å². The van der Waals surface area contributed by atoms with Gasteiger partial charge in [-0.2, -0.15) is 0 Å². The summed E-state index contributed by atoms with van der Waals surface area (Å²) in [5.41, 5.74) is 0.708. The second-order valence-corrected chi connectivity index (χ2v) is 3.94. The summed E-state index contributed by atoms with van der Waals surface area (Å²) < 4.78 is 11.2. The Morgan fingerprint density at radius 1 is 1.40 bits per heavy atom. The number of methoxy groups -OCH3 is 1. The van der Waals surface area contributed by atoms with Gasteiger partial charge in [0.1, 0.15) is 5.75 Å². The molecule has 1 heterocycles. The van der Waals surface area contributed by atoms with E-state index in [2.05, 4.69) is 26.1 Å². The van der Waals surface area contributed by atoms with Gasteiger partial charge in [0.05, 0.1) is 12.7 Å². The molecule has 1 aromatic carbocycles. The maximum absolute atomic E-state index is 5.55. The van der Waals surface area contributed by atoms with Crippen LogP contribution in [0.3, 0.4) is 0 Å². The first-order chi connectivity index (χ1) is 7.20. The van der Waals surface area contributed by atoms with Crippen LogP contribution >= 0.6 is 27.5 Å². The van der Waals surface area contributed by atoms with E-state index in [9.17, 15) is 0 Å². The Bertz CT molecular complexity index is 487. The van der Waals surface area contributed by atoms with Crippen molar-refractivity contribution in [1.29, 1.82) is 0 Å². The minimum atomic E-state index is 0.00923. The van der Waals surface area contributed by atoms with Crippen molar-refractivity contribution in [2.75, 3.05) is 7.11 Å². The molecule has 0 N–H and O–H groups in total. The minimum absolute atomic E-state index is 0.00923. The predicted octanol–water partition coefficient (Wildman–Crippen LogP) is 3.16. The average Bonchev–Trinajstić information content (AvgIpc) is 2.64. The highest BCUT2D eigenvalue weighted by atomic mass is 79.9. The molecule has 0 bridgehead atoms. The molecule has 1 aromatic heterocycles. The van der Waals surface area contributed by atoms with Crippen LogP contribution in [-0.2, 0) is 0 Å². The van der Waals surface area contributed by atoms with Crippen molar-refractivity contribution in [3.05, 3.63) is 28.0 Å². The predicted molar refractivity (Wildman–Crippen MR) is 59.0 cm³/mol. The van der Waals surface area contributed by atoms with Gasteiger partial charge < -0.3 is 9.15 Å². The van der Waals surface area contributed by atoms with Gasteiger partial charge in [-0.3, -0.25) is 0 Å². The van der Waals surface area contributed by atoms with Crippen LogP contribution in [0.2, 0.25) is 5.35 Å². The number of nitrogens with zero attached hydrogens (tertiary/aromatic N) is 2. The van der Waals surface area contributed by atoms with Crippen molar-refractivity contribution < 1.29 is 9.15 Å². The van der Waals surface area contributed by atoms with Crippen LogP contribution in [0.5, 0.6) is 5.75 Å². The number of aromatic nitrogens is 2. The molecule has 6 heteroatoms. The Balaban J connectivity index is 2.52. The van der Waals surface area contributed by atoms with Crippen molar-refractivity contribution in [2.24, 2.45) is 0 Å². The SMILES string of the molecule is COc1cc(Br)ccc1-c1nnc(Cl)o1. The zero-order valence-corrected chi connectivity index (χ0v) is 10.0. The van der Waals surface area contributed by atoms with E-state index >= 15 is 0 Å². The van der Waals surface area contributed by atoms with E-state index in [4.69, 9.17) is 20.8 Å². The smallest absolute Gasteiger partial charge is 0.313 e. The van der Waals surface area contributed by atoms with Gasteiger partial charge >= 0.3 is 5.35 Å². The van der Waals surface area contributed by atoms with Gasteiger partial charge in [-0.05, 0) is 29.8 Å². The monoisotopic (exact) mass is 288 g/mol. The molecule has 78 valence electrons. The number of benzene rings is 1. The van der Waals surface area contributed by atoms with Gasteiger partial charge in [0.15, 0.2) is 0 Å². The number of rotatable bonds is 2. The molecule has 0 spiro atoms. The summed E-state index contributed by atoms with van der Waals surface area (Å²) in [7, 11) is 1.57. The van der Waals surface area contributed by atoms with Gasteiger partial charge in [0, 0.05) is 4.47 Å². The second-order valence-electron chi connectivity index (χ2n) is 2.70. The van der Waals surface area contributed by atoms with E-state index in [0.29, 0.717) is 17.2 Å². The van der Waals surface area contributed by atoms with Gasteiger partial charge in [-0.1, -0.05) is 21.0 Å². The molecule has 0 amide bonds. The first kappa shape index (κ1) is 10.4. The minimum Gasteiger partial charge on any atom is -0.496 e. The molecule has 0 unspecified atom stereocenters. The molecule has 15 heavy (non-hydrogen) atoms. The Morgan fingerprint density at radius 2 is 2.20 bits per heavy atom. The molecular weight excluding hydrogens is 283 g/mol. The first-order valence-electron chi connectivity index (χ1n) is 4.03. The molecule has 0 atom stereocenters. The van der Waals surface area contributed by atoms with Gasteiger partial charge in [0.2, 0.25) is 0 Å². The average molecular weight is 290 g/mol. The lowest BCUT2D eigenvalue weighted by Gasteiger charge is -2.04. The fraction of sp³-hybridized carbons (Fsp3) is 0.111. The van der Waals surface area contributed by atoms with E-state index in [1.54, 1.807) is 7.11 Å². The molecule has 0 saturated heterocycles. The summed E-state index contributed by atoms with van der Waals surface area (Å²) in [6.07, 6.45) is 0. The molecule has 0 aliphatic carbocycles. The van der Waals surface area contributed by atoms with E-state index in [-0.39, 0.29) is 5.35 Å². The summed E-state index contributed by atoms with van der Waals surface area (Å²) in [4.78, 5) is 0. The van der Waals surface area contributed by atoms with Crippen LogP contribution in [0, 0.1) is 0 Å². The van der Waals surface area contributed by atoms with Crippen molar-refractivity contribution in [3.8, 4) is 17.2 Å². The third-order valence-corrected chi connectivity index (χ3v) is 2.44. The van der Waals surface area contributed by atoms with Crippen LogP contribution in [0.1, 0.15) is 0 Å².